The van der Waals surface area contributed by atoms with Gasteiger partial charge >= 0.3 is 11.9 Å². The van der Waals surface area contributed by atoms with E-state index >= 15 is 0 Å². The Morgan fingerprint density at radius 1 is 1.23 bits per heavy atom. The molecule has 8 nitrogen and oxygen atoms in total. The van der Waals surface area contributed by atoms with Crippen molar-refractivity contribution in [2.24, 2.45) is 0 Å². The molecule has 0 aliphatic carbocycles. The summed E-state index contributed by atoms with van der Waals surface area (Å²) in [4.78, 5) is 16.2. The SMILES string of the molecule is COCCOCCOc1ccc(-c2ncc(C(F)(F)F)[nH]2)cc1[N+](=O)[O-]. The summed E-state index contributed by atoms with van der Waals surface area (Å²) in [5.41, 5.74) is -1.29. The Bertz CT molecular complexity index is 748. The Balaban J connectivity index is 2.11. The van der Waals surface area contributed by atoms with Crippen molar-refractivity contribution in [3.05, 3.63) is 40.2 Å². The van der Waals surface area contributed by atoms with E-state index in [0.29, 0.717) is 19.4 Å². The van der Waals surface area contributed by atoms with Gasteiger partial charge in [-0.3, -0.25) is 10.1 Å². The highest BCUT2D eigenvalue weighted by atomic mass is 19.4. The first-order valence-electron chi connectivity index (χ1n) is 7.43. The molecule has 0 atom stereocenters. The van der Waals surface area contributed by atoms with Crippen LogP contribution in [0.1, 0.15) is 5.69 Å². The number of imidazole rings is 1. The predicted molar refractivity (Wildman–Crippen MR) is 83.9 cm³/mol. The summed E-state index contributed by atoms with van der Waals surface area (Å²) < 4.78 is 53.2. The monoisotopic (exact) mass is 375 g/mol. The molecule has 1 aromatic heterocycles. The summed E-state index contributed by atoms with van der Waals surface area (Å²) in [6, 6.07) is 3.78. The number of hydrogen-bond donors (Lipinski definition) is 1. The van der Waals surface area contributed by atoms with Gasteiger partial charge in [-0.25, -0.2) is 4.98 Å². The van der Waals surface area contributed by atoms with E-state index in [0.717, 1.165) is 6.07 Å². The van der Waals surface area contributed by atoms with Gasteiger partial charge in [0.15, 0.2) is 5.75 Å². The number of nitro groups is 1. The van der Waals surface area contributed by atoms with Gasteiger partial charge in [0.1, 0.15) is 18.1 Å². The van der Waals surface area contributed by atoms with Gasteiger partial charge in [0.05, 0.1) is 30.9 Å². The van der Waals surface area contributed by atoms with Crippen molar-refractivity contribution in [1.29, 1.82) is 0 Å². The van der Waals surface area contributed by atoms with Crippen LogP contribution in [0.4, 0.5) is 18.9 Å². The lowest BCUT2D eigenvalue weighted by atomic mass is 10.2. The summed E-state index contributed by atoms with van der Waals surface area (Å²) in [5.74, 6) is -0.147. The zero-order valence-corrected chi connectivity index (χ0v) is 13.7. The Kier molecular flexibility index (Phi) is 6.52. The summed E-state index contributed by atoms with van der Waals surface area (Å²) in [6.07, 6.45) is -3.95. The number of rotatable bonds is 9. The molecule has 0 bridgehead atoms. The molecule has 2 rings (SSSR count). The lowest BCUT2D eigenvalue weighted by Crippen LogP contribution is -2.10. The Labute approximate surface area is 146 Å². The molecule has 0 saturated heterocycles. The van der Waals surface area contributed by atoms with Crippen molar-refractivity contribution in [3.8, 4) is 17.1 Å². The molecule has 0 unspecified atom stereocenters. The second kappa shape index (κ2) is 8.63. The van der Waals surface area contributed by atoms with E-state index in [9.17, 15) is 23.3 Å². The zero-order valence-electron chi connectivity index (χ0n) is 13.7. The van der Waals surface area contributed by atoms with Crippen molar-refractivity contribution in [1.82, 2.24) is 9.97 Å². The van der Waals surface area contributed by atoms with Gasteiger partial charge in [0.2, 0.25) is 0 Å². The van der Waals surface area contributed by atoms with Crippen LogP contribution < -0.4 is 4.74 Å². The fourth-order valence-electron chi connectivity index (χ4n) is 2.00. The van der Waals surface area contributed by atoms with Crippen LogP contribution in [0.2, 0.25) is 0 Å². The van der Waals surface area contributed by atoms with Crippen molar-refractivity contribution >= 4 is 5.69 Å². The molecule has 1 N–H and O–H groups in total. The first kappa shape index (κ1) is 19.7. The minimum atomic E-state index is -4.58. The molecule has 0 aliphatic rings. The largest absolute Gasteiger partial charge is 0.484 e. The third kappa shape index (κ3) is 5.17. The molecule has 142 valence electrons. The fraction of sp³-hybridized carbons (Fsp3) is 0.400. The summed E-state index contributed by atoms with van der Waals surface area (Å²) in [5, 5.41) is 11.2. The number of alkyl halides is 3. The lowest BCUT2D eigenvalue weighted by Gasteiger charge is -2.08. The highest BCUT2D eigenvalue weighted by molar-refractivity contribution is 5.63. The maximum absolute atomic E-state index is 12.6. The first-order valence-corrected chi connectivity index (χ1v) is 7.43. The van der Waals surface area contributed by atoms with Gasteiger partial charge < -0.3 is 19.2 Å². The van der Waals surface area contributed by atoms with Crippen LogP contribution in [0, 0.1) is 10.1 Å². The van der Waals surface area contributed by atoms with Crippen molar-refractivity contribution in [3.63, 3.8) is 0 Å². The third-order valence-corrected chi connectivity index (χ3v) is 3.23. The van der Waals surface area contributed by atoms with Crippen LogP contribution in [0.3, 0.4) is 0 Å². The van der Waals surface area contributed by atoms with Crippen LogP contribution in [-0.2, 0) is 15.7 Å². The number of halogens is 3. The van der Waals surface area contributed by atoms with E-state index in [2.05, 4.69) is 9.97 Å². The average Bonchev–Trinajstić information content (AvgIpc) is 3.08. The number of nitrogens with one attached hydrogen (secondary N) is 1. The maximum Gasteiger partial charge on any atom is 0.432 e. The topological polar surface area (TPSA) is 99.5 Å². The molecule has 0 fully saturated rings. The van der Waals surface area contributed by atoms with Crippen LogP contribution in [0.5, 0.6) is 5.75 Å². The van der Waals surface area contributed by atoms with Crippen LogP contribution in [0.25, 0.3) is 11.4 Å². The third-order valence-electron chi connectivity index (χ3n) is 3.23. The highest BCUT2D eigenvalue weighted by Gasteiger charge is 2.33. The van der Waals surface area contributed by atoms with Crippen LogP contribution >= 0.6 is 0 Å². The number of nitro benzene ring substituents is 1. The predicted octanol–water partition coefficient (Wildman–Crippen LogP) is 3.05. The number of benzene rings is 1. The van der Waals surface area contributed by atoms with E-state index in [-0.39, 0.29) is 36.0 Å². The molecule has 0 aliphatic heterocycles. The highest BCUT2D eigenvalue weighted by Crippen LogP contribution is 2.33. The normalized spacial score (nSPS) is 11.5. The molecule has 0 amide bonds. The molecular weight excluding hydrogens is 359 g/mol. The van der Waals surface area contributed by atoms with E-state index < -0.39 is 16.8 Å². The van der Waals surface area contributed by atoms with E-state index in [1.54, 1.807) is 0 Å². The van der Waals surface area contributed by atoms with Gasteiger partial charge in [-0.2, -0.15) is 13.2 Å². The second-order valence-corrected chi connectivity index (χ2v) is 5.04. The standard InChI is InChI=1S/C15H16F3N3O5/c1-24-4-5-25-6-7-26-12-3-2-10(8-11(12)21(22)23)14-19-9-13(20-14)15(16,17)18/h2-3,8-9H,4-7H2,1H3,(H,19,20). The van der Waals surface area contributed by atoms with Gasteiger partial charge in [-0.1, -0.05) is 0 Å². The van der Waals surface area contributed by atoms with Crippen LogP contribution in [-0.4, -0.2) is 48.4 Å². The first-order chi connectivity index (χ1) is 12.3. The van der Waals surface area contributed by atoms with Gasteiger partial charge in [0.25, 0.3) is 0 Å². The molecule has 2 aromatic rings. The summed E-state index contributed by atoms with van der Waals surface area (Å²) in [6.45, 7) is 1.05. The summed E-state index contributed by atoms with van der Waals surface area (Å²) >= 11 is 0. The quantitative estimate of drug-likeness (QED) is 0.411. The molecule has 0 spiro atoms. The fourth-order valence-corrected chi connectivity index (χ4v) is 2.00. The van der Waals surface area contributed by atoms with E-state index in [1.165, 1.54) is 19.2 Å². The number of hydrogen-bond acceptors (Lipinski definition) is 6. The van der Waals surface area contributed by atoms with Gasteiger partial charge in [-0.05, 0) is 12.1 Å². The van der Waals surface area contributed by atoms with Gasteiger partial charge in [-0.15, -0.1) is 0 Å². The number of ether oxygens (including phenoxy) is 3. The number of methoxy groups -OCH3 is 1. The molecule has 0 saturated carbocycles. The minimum absolute atomic E-state index is 0.0170. The van der Waals surface area contributed by atoms with Crippen LogP contribution in [0.15, 0.2) is 24.4 Å². The van der Waals surface area contributed by atoms with Crippen molar-refractivity contribution in [2.45, 2.75) is 6.18 Å². The number of H-pyrrole nitrogens is 1. The maximum atomic E-state index is 12.6. The van der Waals surface area contributed by atoms with Gasteiger partial charge in [0, 0.05) is 18.7 Å². The van der Waals surface area contributed by atoms with E-state index in [1.807, 2.05) is 0 Å². The number of aromatic nitrogens is 2. The lowest BCUT2D eigenvalue weighted by molar-refractivity contribution is -0.385. The van der Waals surface area contributed by atoms with E-state index in [4.69, 9.17) is 14.2 Å². The Morgan fingerprint density at radius 2 is 1.96 bits per heavy atom. The summed E-state index contributed by atoms with van der Waals surface area (Å²) in [7, 11) is 1.53. The molecule has 11 heteroatoms. The number of aromatic amines is 1. The van der Waals surface area contributed by atoms with Crippen molar-refractivity contribution in [2.75, 3.05) is 33.5 Å². The Hall–Kier alpha value is -2.66. The zero-order chi connectivity index (χ0) is 19.2. The Morgan fingerprint density at radius 3 is 2.58 bits per heavy atom. The smallest absolute Gasteiger partial charge is 0.432 e. The molecular formula is C15H16F3N3O5. The minimum Gasteiger partial charge on any atom is -0.484 e. The molecule has 26 heavy (non-hydrogen) atoms. The average molecular weight is 375 g/mol. The second-order valence-electron chi connectivity index (χ2n) is 5.04. The molecule has 1 heterocycles. The number of nitrogens with zero attached hydrogens (tertiary/aromatic N) is 2. The van der Waals surface area contributed by atoms with Crippen molar-refractivity contribution < 1.29 is 32.3 Å². The molecule has 1 aromatic carbocycles. The molecule has 0 radical (unpaired) electrons.